The van der Waals surface area contributed by atoms with Crippen molar-refractivity contribution in [2.45, 2.75) is 72.6 Å². The highest BCUT2D eigenvalue weighted by molar-refractivity contribution is 7.09. The van der Waals surface area contributed by atoms with Gasteiger partial charge in [0, 0.05) is 58.9 Å². The van der Waals surface area contributed by atoms with Gasteiger partial charge in [-0.15, -0.1) is 11.3 Å². The molecule has 0 amide bonds. The van der Waals surface area contributed by atoms with Crippen molar-refractivity contribution in [3.63, 3.8) is 0 Å². The van der Waals surface area contributed by atoms with Crippen LogP contribution in [0.2, 0.25) is 0 Å². The predicted molar refractivity (Wildman–Crippen MR) is 227 cm³/mol. The molecule has 0 aliphatic rings. The van der Waals surface area contributed by atoms with E-state index in [4.69, 9.17) is 19.3 Å². The monoisotopic (exact) mass is 892 g/mol. The Bertz CT molecular complexity index is 2410. The van der Waals surface area contributed by atoms with Gasteiger partial charge in [0.1, 0.15) is 5.60 Å². The van der Waals surface area contributed by atoms with Crippen molar-refractivity contribution in [1.29, 1.82) is 0 Å². The molecule has 0 radical (unpaired) electrons. The van der Waals surface area contributed by atoms with Crippen molar-refractivity contribution in [1.82, 2.24) is 19.9 Å². The molecule has 0 spiro atoms. The maximum Gasteiger partial charge on any atom is 0.387 e. The minimum Gasteiger partial charge on any atom is -0.493 e. The van der Waals surface area contributed by atoms with Crippen molar-refractivity contribution in [3.05, 3.63) is 131 Å². The molecule has 0 bridgehead atoms. The number of carboxylic acids is 1. The number of aromatic carboxylic acids is 1. The molecule has 1 N–H and O–H groups in total. The number of ether oxygens (including phenoxy) is 5. The summed E-state index contributed by atoms with van der Waals surface area (Å²) in [6.45, 7) is 3.63. The van der Waals surface area contributed by atoms with Gasteiger partial charge in [-0.05, 0) is 89.2 Å². The third-order valence-corrected chi connectivity index (χ3v) is 9.09. The van der Waals surface area contributed by atoms with Crippen LogP contribution in [0.15, 0.2) is 109 Å². The number of hydrogen-bond donors (Lipinski definition) is 1. The van der Waals surface area contributed by atoms with E-state index in [9.17, 15) is 27.2 Å². The molecule has 19 heteroatoms. The van der Waals surface area contributed by atoms with Gasteiger partial charge >= 0.3 is 25.2 Å². The molecule has 0 saturated heterocycles. The number of methoxy groups -OCH3 is 1. The molecule has 0 saturated carbocycles. The van der Waals surface area contributed by atoms with Crippen LogP contribution in [0.3, 0.4) is 0 Å². The lowest BCUT2D eigenvalue weighted by Gasteiger charge is -2.26. The molecule has 0 fully saturated rings. The van der Waals surface area contributed by atoms with Crippen molar-refractivity contribution in [3.8, 4) is 23.0 Å². The van der Waals surface area contributed by atoms with Crippen LogP contribution < -0.4 is 28.7 Å². The summed E-state index contributed by atoms with van der Waals surface area (Å²) < 4.78 is 76.9. The van der Waals surface area contributed by atoms with Crippen LogP contribution in [0, 0.1) is 0 Å². The predicted octanol–water partition coefficient (Wildman–Crippen LogP) is 10.3. The van der Waals surface area contributed by atoms with Gasteiger partial charge in [-0.3, -0.25) is 19.9 Å². The molecule has 3 aromatic carbocycles. The van der Waals surface area contributed by atoms with Crippen molar-refractivity contribution < 1.29 is 55.9 Å². The Morgan fingerprint density at radius 2 is 1.30 bits per heavy atom. The maximum atomic E-state index is 12.9. The Hall–Kier alpha value is -7.02. The van der Waals surface area contributed by atoms with Gasteiger partial charge in [0.25, 0.3) is 0 Å². The SMILES string of the molecule is CC(C)Oc1cc(N(Cc2cncs2)c2cncc(C(=O)OC(C)(C)C)c2)ccc1OC(F)F.COc1ccc(N(Cc2cnccn2)c2ccc(C(=O)O)cc2)cc1OC(F)F. The number of anilines is 4. The van der Waals surface area contributed by atoms with Crippen LogP contribution in [0.1, 0.15) is 65.9 Å². The Balaban J connectivity index is 0.000000240. The zero-order chi connectivity index (χ0) is 45.7. The van der Waals surface area contributed by atoms with Crippen molar-refractivity contribution in [2.24, 2.45) is 0 Å². The highest BCUT2D eigenvalue weighted by Crippen LogP contribution is 2.39. The third kappa shape index (κ3) is 14.0. The van der Waals surface area contributed by atoms with Gasteiger partial charge in [0.2, 0.25) is 0 Å². The summed E-state index contributed by atoms with van der Waals surface area (Å²) in [7, 11) is 1.36. The minimum atomic E-state index is -3.01. The van der Waals surface area contributed by atoms with E-state index in [1.54, 1.807) is 106 Å². The van der Waals surface area contributed by atoms with E-state index in [-0.39, 0.29) is 46.8 Å². The second-order valence-electron chi connectivity index (χ2n) is 14.5. The van der Waals surface area contributed by atoms with Gasteiger partial charge in [0.15, 0.2) is 23.0 Å². The fraction of sp³-hybridized carbons (Fsp3) is 0.273. The average Bonchev–Trinajstić information content (AvgIpc) is 3.76. The molecule has 0 unspecified atom stereocenters. The fourth-order valence-corrected chi connectivity index (χ4v) is 6.33. The maximum absolute atomic E-state index is 12.9. The normalized spacial score (nSPS) is 11.1. The van der Waals surface area contributed by atoms with E-state index >= 15 is 0 Å². The lowest BCUT2D eigenvalue weighted by Crippen LogP contribution is -2.24. The standard InChI is InChI=1S/C24H27F2N3O4S.C20H17F2N3O4/c1-15(2)31-21-9-17(6-7-20(21)32-23(25)26)29(13-19-12-28-14-34-19)18-8-16(10-27-11-18)22(30)33-24(3,4)5;1-28-17-7-6-16(10-18(17)29-20(21)22)25(12-14-11-23-8-9-24-14)15-4-2-13(3-5-15)19(26)27/h6-12,14-15,23H,13H2,1-5H3;2-11,20H,12H2,1H3,(H,26,27). The smallest absolute Gasteiger partial charge is 0.387 e. The lowest BCUT2D eigenvalue weighted by atomic mass is 10.1. The molecule has 332 valence electrons. The van der Waals surface area contributed by atoms with Crippen molar-refractivity contribution in [2.75, 3.05) is 16.9 Å². The molecule has 0 aliphatic carbocycles. The van der Waals surface area contributed by atoms with Crippen LogP contribution in [0.5, 0.6) is 23.0 Å². The second kappa shape index (κ2) is 21.7. The number of pyridine rings is 1. The van der Waals surface area contributed by atoms with Crippen LogP contribution >= 0.6 is 11.3 Å². The number of halogens is 4. The second-order valence-corrected chi connectivity index (χ2v) is 15.5. The number of nitrogens with zero attached hydrogens (tertiary/aromatic N) is 6. The third-order valence-electron chi connectivity index (χ3n) is 8.32. The Morgan fingerprint density at radius 3 is 1.86 bits per heavy atom. The molecular formula is C44H44F4N6O8S. The van der Waals surface area contributed by atoms with Crippen LogP contribution in [0.4, 0.5) is 40.3 Å². The van der Waals surface area contributed by atoms with Gasteiger partial charge < -0.3 is 38.6 Å². The largest absolute Gasteiger partial charge is 0.493 e. The Morgan fingerprint density at radius 1 is 0.683 bits per heavy atom. The summed E-state index contributed by atoms with van der Waals surface area (Å²) in [5, 5.41) is 9.11. The number of esters is 1. The number of thiazole rings is 1. The molecule has 63 heavy (non-hydrogen) atoms. The highest BCUT2D eigenvalue weighted by atomic mass is 32.1. The fourth-order valence-electron chi connectivity index (χ4n) is 5.75. The molecular weight excluding hydrogens is 849 g/mol. The summed E-state index contributed by atoms with van der Waals surface area (Å²) in [6, 6.07) is 17.2. The molecule has 6 aromatic rings. The summed E-state index contributed by atoms with van der Waals surface area (Å²) in [6.07, 6.45) is 9.19. The number of benzene rings is 3. The quantitative estimate of drug-likeness (QED) is 0.0681. The first-order valence-electron chi connectivity index (χ1n) is 19.1. The summed E-state index contributed by atoms with van der Waals surface area (Å²) in [5.41, 5.74) is 4.51. The molecule has 14 nitrogen and oxygen atoms in total. The number of carboxylic acid groups (broad SMARTS) is 1. The van der Waals surface area contributed by atoms with E-state index in [2.05, 4.69) is 29.4 Å². The van der Waals surface area contributed by atoms with Gasteiger partial charge in [-0.1, -0.05) is 0 Å². The zero-order valence-electron chi connectivity index (χ0n) is 34.9. The van der Waals surface area contributed by atoms with Crippen LogP contribution in [-0.4, -0.2) is 69.0 Å². The number of carbonyl (C=O) groups excluding carboxylic acids is 1. The first kappa shape index (κ1) is 47.0. The first-order valence-corrected chi connectivity index (χ1v) is 19.9. The van der Waals surface area contributed by atoms with Gasteiger partial charge in [0.05, 0.1) is 66.7 Å². The van der Waals surface area contributed by atoms with Gasteiger partial charge in [-0.2, -0.15) is 17.6 Å². The topological polar surface area (TPSA) is 159 Å². The van der Waals surface area contributed by atoms with E-state index in [0.717, 1.165) is 4.88 Å². The summed E-state index contributed by atoms with van der Waals surface area (Å²) >= 11 is 1.47. The first-order chi connectivity index (χ1) is 30.0. The molecule has 3 aromatic heterocycles. The number of alkyl halides is 4. The zero-order valence-corrected chi connectivity index (χ0v) is 35.8. The highest BCUT2D eigenvalue weighted by Gasteiger charge is 2.22. The van der Waals surface area contributed by atoms with E-state index in [1.807, 2.05) is 4.90 Å². The summed E-state index contributed by atoms with van der Waals surface area (Å²) in [5.74, 6) is -1.39. The number of aromatic nitrogens is 4. The van der Waals surface area contributed by atoms with Crippen molar-refractivity contribution >= 4 is 46.0 Å². The lowest BCUT2D eigenvalue weighted by molar-refractivity contribution is -0.0522. The molecule has 3 heterocycles. The number of carbonyl (C=O) groups is 2. The molecule has 0 atom stereocenters. The number of hydrogen-bond acceptors (Lipinski definition) is 14. The Kier molecular flexibility index (Phi) is 16.2. The number of rotatable bonds is 17. The van der Waals surface area contributed by atoms with Gasteiger partial charge in [-0.25, -0.2) is 9.59 Å². The van der Waals surface area contributed by atoms with Crippen LogP contribution in [-0.2, 0) is 17.8 Å². The minimum absolute atomic E-state index is 0.0641. The summed E-state index contributed by atoms with van der Waals surface area (Å²) in [4.78, 5) is 45.0. The van der Waals surface area contributed by atoms with E-state index < -0.39 is 30.8 Å². The van der Waals surface area contributed by atoms with Crippen LogP contribution in [0.25, 0.3) is 0 Å². The van der Waals surface area contributed by atoms with E-state index in [1.165, 1.54) is 61.2 Å². The molecule has 0 aliphatic heterocycles. The van der Waals surface area contributed by atoms with E-state index in [0.29, 0.717) is 35.0 Å². The molecule has 6 rings (SSSR count). The average molecular weight is 893 g/mol. The Labute approximate surface area is 364 Å².